The second-order valence-electron chi connectivity index (χ2n) is 5.32. The third-order valence-corrected chi connectivity index (χ3v) is 3.54. The van der Waals surface area contributed by atoms with Gasteiger partial charge >= 0.3 is 5.97 Å². The third-order valence-electron chi connectivity index (χ3n) is 3.54. The molecule has 0 aromatic heterocycles. The fourth-order valence-electron chi connectivity index (χ4n) is 1.97. The van der Waals surface area contributed by atoms with Gasteiger partial charge in [-0.05, 0) is 19.4 Å². The van der Waals surface area contributed by atoms with Gasteiger partial charge in [-0.1, -0.05) is 47.1 Å². The van der Waals surface area contributed by atoms with E-state index in [1.54, 1.807) is 19.1 Å². The van der Waals surface area contributed by atoms with E-state index in [-0.39, 0.29) is 11.5 Å². The number of oxime groups is 1. The van der Waals surface area contributed by atoms with Crippen molar-refractivity contribution in [3.8, 4) is 0 Å². The molecule has 0 heterocycles. The maximum absolute atomic E-state index is 12.0. The number of nitro groups is 1. The van der Waals surface area contributed by atoms with Gasteiger partial charge in [0.25, 0.3) is 5.69 Å². The van der Waals surface area contributed by atoms with Gasteiger partial charge in [-0.15, -0.1) is 0 Å². The third kappa shape index (κ3) is 4.16. The minimum Gasteiger partial charge on any atom is -0.380 e. The molecule has 0 aliphatic rings. The molecule has 0 fully saturated rings. The van der Waals surface area contributed by atoms with Crippen LogP contribution in [-0.4, -0.2) is 16.7 Å². The van der Waals surface area contributed by atoms with Gasteiger partial charge in [0.15, 0.2) is 5.84 Å². The highest BCUT2D eigenvalue weighted by Crippen LogP contribution is 2.20. The van der Waals surface area contributed by atoms with Crippen LogP contribution in [0.4, 0.5) is 5.69 Å². The summed E-state index contributed by atoms with van der Waals surface area (Å²) in [5, 5.41) is 14.3. The Balaban J connectivity index is 2.04. The van der Waals surface area contributed by atoms with Crippen LogP contribution >= 0.6 is 0 Å². The zero-order valence-corrected chi connectivity index (χ0v) is 13.3. The summed E-state index contributed by atoms with van der Waals surface area (Å²) in [5.74, 6) is -1.13. The molecule has 2 aromatic rings. The Morgan fingerprint density at radius 3 is 2.29 bits per heavy atom. The van der Waals surface area contributed by atoms with Gasteiger partial charge in [0.1, 0.15) is 0 Å². The molecule has 0 spiro atoms. The Morgan fingerprint density at radius 2 is 1.75 bits per heavy atom. The van der Waals surface area contributed by atoms with Crippen molar-refractivity contribution in [2.45, 2.75) is 19.8 Å². The molecule has 2 rings (SSSR count). The van der Waals surface area contributed by atoms with Crippen molar-refractivity contribution in [1.82, 2.24) is 0 Å². The number of nitrogens with zero attached hydrogens (tertiary/aromatic N) is 2. The van der Waals surface area contributed by atoms with E-state index in [2.05, 4.69) is 5.16 Å². The number of hydrogen-bond donors (Lipinski definition) is 1. The molecule has 24 heavy (non-hydrogen) atoms. The monoisotopic (exact) mass is 327 g/mol. The second-order valence-corrected chi connectivity index (χ2v) is 5.32. The van der Waals surface area contributed by atoms with E-state index >= 15 is 0 Å². The van der Waals surface area contributed by atoms with Crippen LogP contribution in [0.3, 0.4) is 0 Å². The summed E-state index contributed by atoms with van der Waals surface area (Å²) in [6.45, 7) is 3.57. The number of nitro benzene ring substituents is 1. The van der Waals surface area contributed by atoms with Crippen LogP contribution in [0.25, 0.3) is 0 Å². The van der Waals surface area contributed by atoms with Gasteiger partial charge in [0.2, 0.25) is 0 Å². The molecule has 2 aromatic carbocycles. The largest absolute Gasteiger partial charge is 0.380 e. The summed E-state index contributed by atoms with van der Waals surface area (Å²) in [4.78, 5) is 27.0. The first kappa shape index (κ1) is 17.1. The SMILES string of the molecule is Cc1ccc(/C(N)=N/OC(=O)C(C)c2ccc([N+](=O)[O-])cc2)cc1. The fourth-order valence-corrected chi connectivity index (χ4v) is 1.97. The van der Waals surface area contributed by atoms with Gasteiger partial charge in [-0.3, -0.25) is 10.1 Å². The summed E-state index contributed by atoms with van der Waals surface area (Å²) in [6.07, 6.45) is 0. The van der Waals surface area contributed by atoms with Crippen molar-refractivity contribution in [3.63, 3.8) is 0 Å². The van der Waals surface area contributed by atoms with E-state index in [9.17, 15) is 14.9 Å². The summed E-state index contributed by atoms with van der Waals surface area (Å²) < 4.78 is 0. The summed E-state index contributed by atoms with van der Waals surface area (Å²) in [5.41, 5.74) is 8.06. The number of hydrogen-bond acceptors (Lipinski definition) is 5. The van der Waals surface area contributed by atoms with Crippen LogP contribution in [0.1, 0.15) is 29.5 Å². The lowest BCUT2D eigenvalue weighted by atomic mass is 10.0. The standard InChI is InChI=1S/C17H17N3O4/c1-11-3-5-14(6-4-11)16(18)19-24-17(21)12(2)13-7-9-15(10-8-13)20(22)23/h3-10,12H,1-2H3,(H2,18,19). The highest BCUT2D eigenvalue weighted by molar-refractivity contribution is 5.97. The van der Waals surface area contributed by atoms with E-state index in [0.29, 0.717) is 11.1 Å². The molecule has 7 nitrogen and oxygen atoms in total. The van der Waals surface area contributed by atoms with Gasteiger partial charge in [-0.25, -0.2) is 4.79 Å². The predicted octanol–water partition coefficient (Wildman–Crippen LogP) is 2.87. The van der Waals surface area contributed by atoms with E-state index in [1.165, 1.54) is 24.3 Å². The van der Waals surface area contributed by atoms with Crippen molar-refractivity contribution >= 4 is 17.5 Å². The van der Waals surface area contributed by atoms with Gasteiger partial charge in [0.05, 0.1) is 10.8 Å². The molecule has 124 valence electrons. The first-order valence-corrected chi connectivity index (χ1v) is 7.24. The van der Waals surface area contributed by atoms with Crippen molar-refractivity contribution in [2.24, 2.45) is 10.9 Å². The Labute approximate surface area is 138 Å². The van der Waals surface area contributed by atoms with Gasteiger partial charge in [-0.2, -0.15) is 0 Å². The molecule has 7 heteroatoms. The number of carbonyl (C=O) groups excluding carboxylic acids is 1. The topological polar surface area (TPSA) is 108 Å². The smallest absolute Gasteiger partial charge is 0.342 e. The number of benzene rings is 2. The highest BCUT2D eigenvalue weighted by Gasteiger charge is 2.18. The number of amidine groups is 1. The number of aryl methyl sites for hydroxylation is 1. The number of non-ortho nitro benzene ring substituents is 1. The fraction of sp³-hybridized carbons (Fsp3) is 0.176. The van der Waals surface area contributed by atoms with E-state index in [0.717, 1.165) is 5.56 Å². The molecule has 0 bridgehead atoms. The van der Waals surface area contributed by atoms with Gasteiger partial charge < -0.3 is 10.6 Å². The van der Waals surface area contributed by atoms with Crippen molar-refractivity contribution in [3.05, 3.63) is 75.3 Å². The Hall–Kier alpha value is -3.22. The Bertz CT molecular complexity index is 767. The van der Waals surface area contributed by atoms with Crippen LogP contribution in [0.15, 0.2) is 53.7 Å². The maximum atomic E-state index is 12.0. The van der Waals surface area contributed by atoms with Gasteiger partial charge in [0, 0.05) is 17.7 Å². The van der Waals surface area contributed by atoms with Crippen molar-refractivity contribution in [2.75, 3.05) is 0 Å². The molecule has 0 saturated carbocycles. The highest BCUT2D eigenvalue weighted by atomic mass is 16.7. The molecule has 0 aliphatic heterocycles. The molecule has 0 radical (unpaired) electrons. The Kier molecular flexibility index (Phi) is 5.26. The number of rotatable bonds is 5. The number of carbonyl (C=O) groups is 1. The van der Waals surface area contributed by atoms with Crippen LogP contribution in [0.2, 0.25) is 0 Å². The summed E-state index contributed by atoms with van der Waals surface area (Å²) in [6, 6.07) is 13.0. The van der Waals surface area contributed by atoms with E-state index < -0.39 is 16.8 Å². The van der Waals surface area contributed by atoms with E-state index in [4.69, 9.17) is 10.6 Å². The first-order valence-electron chi connectivity index (χ1n) is 7.24. The molecule has 1 unspecified atom stereocenters. The average molecular weight is 327 g/mol. The molecule has 0 aliphatic carbocycles. The van der Waals surface area contributed by atoms with Crippen molar-refractivity contribution in [1.29, 1.82) is 0 Å². The zero-order chi connectivity index (χ0) is 17.7. The van der Waals surface area contributed by atoms with Crippen LogP contribution in [0.5, 0.6) is 0 Å². The first-order chi connectivity index (χ1) is 11.4. The summed E-state index contributed by atoms with van der Waals surface area (Å²) in [7, 11) is 0. The molecular formula is C17H17N3O4. The molecular weight excluding hydrogens is 310 g/mol. The zero-order valence-electron chi connectivity index (χ0n) is 13.3. The summed E-state index contributed by atoms with van der Waals surface area (Å²) >= 11 is 0. The lowest BCUT2D eigenvalue weighted by Gasteiger charge is -2.08. The lowest BCUT2D eigenvalue weighted by Crippen LogP contribution is -2.17. The minimum atomic E-state index is -0.625. The molecule has 1 atom stereocenters. The minimum absolute atomic E-state index is 0.0408. The van der Waals surface area contributed by atoms with Crippen LogP contribution < -0.4 is 5.73 Å². The van der Waals surface area contributed by atoms with Crippen LogP contribution in [0, 0.1) is 17.0 Å². The molecule has 0 saturated heterocycles. The number of nitrogens with two attached hydrogens (primary N) is 1. The maximum Gasteiger partial charge on any atom is 0.342 e. The molecule has 0 amide bonds. The Morgan fingerprint density at radius 1 is 1.17 bits per heavy atom. The van der Waals surface area contributed by atoms with Crippen molar-refractivity contribution < 1.29 is 14.6 Å². The lowest BCUT2D eigenvalue weighted by molar-refractivity contribution is -0.384. The average Bonchev–Trinajstić information content (AvgIpc) is 2.59. The predicted molar refractivity (Wildman–Crippen MR) is 89.5 cm³/mol. The second kappa shape index (κ2) is 7.36. The van der Waals surface area contributed by atoms with E-state index in [1.807, 2.05) is 19.1 Å². The molecule has 2 N–H and O–H groups in total. The quantitative estimate of drug-likeness (QED) is 0.299. The van der Waals surface area contributed by atoms with Crippen LogP contribution in [-0.2, 0) is 9.63 Å². The normalized spacial score (nSPS) is 12.5.